The Hall–Kier alpha value is -0.690. The van der Waals surface area contributed by atoms with E-state index in [2.05, 4.69) is 50.2 Å². The molecule has 1 atom stereocenters. The first-order valence-corrected chi connectivity index (χ1v) is 3.60. The number of nitrogens with zero attached hydrogens (tertiary/aromatic N) is 1. The minimum Gasteiger partial charge on any atom is -0.314 e. The Morgan fingerprint density at radius 3 is 2.10 bits per heavy atom. The van der Waals surface area contributed by atoms with Crippen LogP contribution in [-0.4, -0.2) is 19.0 Å². The van der Waals surface area contributed by atoms with E-state index >= 15 is 0 Å². The highest BCUT2D eigenvalue weighted by Crippen LogP contribution is 2.16. The van der Waals surface area contributed by atoms with Crippen LogP contribution in [0, 0.1) is 0 Å². The highest BCUT2D eigenvalue weighted by Gasteiger charge is 1.99. The molecule has 0 heterocycles. The molecule has 1 rings (SSSR count). The Bertz CT molecular complexity index is 175. The zero-order valence-corrected chi connectivity index (χ0v) is 6.83. The van der Waals surface area contributed by atoms with Crippen LogP contribution in [0.4, 0.5) is 0 Å². The van der Waals surface area contributed by atoms with Crippen molar-refractivity contribution in [1.82, 2.24) is 4.90 Å². The van der Waals surface area contributed by atoms with Gasteiger partial charge in [-0.3, -0.25) is 0 Å². The normalized spacial score (nSPS) is 14.0. The van der Waals surface area contributed by atoms with Crippen molar-refractivity contribution in [3.63, 3.8) is 0 Å². The lowest BCUT2D eigenvalue weighted by Gasteiger charge is -2.22. The molecule has 1 nitrogen and oxygen atoms in total. The molecule has 0 aliphatic rings. The number of rotatable bonds is 2. The van der Waals surface area contributed by atoms with Crippen LogP contribution in [0.5, 0.6) is 0 Å². The summed E-state index contributed by atoms with van der Waals surface area (Å²) in [7, 11) is 4.19. The first-order chi connectivity index (χ1) is 4.72. The van der Waals surface area contributed by atoms with Gasteiger partial charge in [-0.2, -0.15) is 12.1 Å². The predicted octanol–water partition coefficient (Wildman–Crippen LogP) is 2.03. The van der Waals surface area contributed by atoms with Gasteiger partial charge in [-0.05, 0) is 20.1 Å². The van der Waals surface area contributed by atoms with Gasteiger partial charge in [-0.25, -0.2) is 12.1 Å². The molecule has 1 heteroatoms. The molecule has 0 spiro atoms. The molecular weight excluding hydrogens is 122 g/mol. The highest BCUT2D eigenvalue weighted by atomic mass is 15.1. The van der Waals surface area contributed by atoms with Crippen molar-refractivity contribution in [2.24, 2.45) is 0 Å². The largest absolute Gasteiger partial charge is 0.314 e. The standard InChI is InChI=1S/C9H14N/c1-8(10(2)3)9-6-4-5-7-9/h4-8H,1-3H3/q-1/t8-/m0/s1. The summed E-state index contributed by atoms with van der Waals surface area (Å²) >= 11 is 0. The second-order valence-electron chi connectivity index (χ2n) is 2.86. The molecule has 56 valence electrons. The third-order valence-corrected chi connectivity index (χ3v) is 1.95. The van der Waals surface area contributed by atoms with E-state index in [0.29, 0.717) is 6.04 Å². The molecule has 0 aromatic heterocycles. The average molecular weight is 136 g/mol. The van der Waals surface area contributed by atoms with Crippen LogP contribution in [0.3, 0.4) is 0 Å². The summed E-state index contributed by atoms with van der Waals surface area (Å²) in [5, 5.41) is 0. The minimum atomic E-state index is 0.537. The van der Waals surface area contributed by atoms with E-state index in [1.807, 2.05) is 0 Å². The molecule has 10 heavy (non-hydrogen) atoms. The zero-order chi connectivity index (χ0) is 7.56. The predicted molar refractivity (Wildman–Crippen MR) is 44.1 cm³/mol. The molecule has 0 fully saturated rings. The summed E-state index contributed by atoms with van der Waals surface area (Å²) in [4.78, 5) is 2.20. The van der Waals surface area contributed by atoms with Crippen LogP contribution in [0.15, 0.2) is 24.3 Å². The molecule has 0 bridgehead atoms. The van der Waals surface area contributed by atoms with Gasteiger partial charge >= 0.3 is 0 Å². The lowest BCUT2D eigenvalue weighted by Crippen LogP contribution is -2.15. The van der Waals surface area contributed by atoms with E-state index in [9.17, 15) is 0 Å². The molecule has 0 aliphatic heterocycles. The number of hydrogen-bond donors (Lipinski definition) is 0. The quantitative estimate of drug-likeness (QED) is 0.562. The Morgan fingerprint density at radius 2 is 1.70 bits per heavy atom. The monoisotopic (exact) mass is 136 g/mol. The van der Waals surface area contributed by atoms with Gasteiger partial charge in [0.25, 0.3) is 0 Å². The molecular formula is C9H14N-. The summed E-state index contributed by atoms with van der Waals surface area (Å²) in [5.41, 5.74) is 1.39. The molecule has 1 aromatic rings. The Morgan fingerprint density at radius 1 is 1.20 bits per heavy atom. The summed E-state index contributed by atoms with van der Waals surface area (Å²) < 4.78 is 0. The molecule has 0 saturated carbocycles. The maximum absolute atomic E-state index is 2.20. The van der Waals surface area contributed by atoms with E-state index in [-0.39, 0.29) is 0 Å². The van der Waals surface area contributed by atoms with Gasteiger partial charge in [0, 0.05) is 0 Å². The average Bonchev–Trinajstić information content (AvgIpc) is 2.36. The van der Waals surface area contributed by atoms with Gasteiger partial charge in [0.05, 0.1) is 0 Å². The van der Waals surface area contributed by atoms with Crippen molar-refractivity contribution in [1.29, 1.82) is 0 Å². The van der Waals surface area contributed by atoms with Crippen LogP contribution >= 0.6 is 0 Å². The van der Waals surface area contributed by atoms with Crippen LogP contribution in [0.25, 0.3) is 0 Å². The van der Waals surface area contributed by atoms with Crippen LogP contribution in [0.1, 0.15) is 18.5 Å². The second kappa shape index (κ2) is 2.93. The van der Waals surface area contributed by atoms with E-state index < -0.39 is 0 Å². The highest BCUT2D eigenvalue weighted by molar-refractivity contribution is 5.19. The lowest BCUT2D eigenvalue weighted by atomic mass is 10.2. The fourth-order valence-electron chi connectivity index (χ4n) is 0.966. The van der Waals surface area contributed by atoms with Gasteiger partial charge in [0.1, 0.15) is 0 Å². The van der Waals surface area contributed by atoms with Crippen LogP contribution in [-0.2, 0) is 0 Å². The molecule has 0 N–H and O–H groups in total. The first-order valence-electron chi connectivity index (χ1n) is 3.60. The summed E-state index contributed by atoms with van der Waals surface area (Å²) in [5.74, 6) is 0. The van der Waals surface area contributed by atoms with Crippen molar-refractivity contribution in [3.8, 4) is 0 Å². The van der Waals surface area contributed by atoms with Gasteiger partial charge in [-0.1, -0.05) is 6.92 Å². The number of hydrogen-bond acceptors (Lipinski definition) is 1. The van der Waals surface area contributed by atoms with Crippen molar-refractivity contribution in [2.75, 3.05) is 14.1 Å². The third kappa shape index (κ3) is 1.42. The van der Waals surface area contributed by atoms with Crippen molar-refractivity contribution in [2.45, 2.75) is 13.0 Å². The van der Waals surface area contributed by atoms with Gasteiger partial charge in [0.15, 0.2) is 0 Å². The maximum Gasteiger partial charge on any atom is -0.0136 e. The minimum absolute atomic E-state index is 0.537. The Labute approximate surface area is 62.6 Å². The lowest BCUT2D eigenvalue weighted by molar-refractivity contribution is 0.321. The van der Waals surface area contributed by atoms with E-state index in [4.69, 9.17) is 0 Å². The smallest absolute Gasteiger partial charge is 0.0136 e. The van der Waals surface area contributed by atoms with Crippen LogP contribution in [0.2, 0.25) is 0 Å². The SMILES string of the molecule is C[C@@H]([c-]1cccc1)N(C)C. The fraction of sp³-hybridized carbons (Fsp3) is 0.444. The van der Waals surface area contributed by atoms with Gasteiger partial charge < -0.3 is 4.90 Å². The maximum atomic E-state index is 2.20. The van der Waals surface area contributed by atoms with E-state index in [0.717, 1.165) is 0 Å². The molecule has 0 aliphatic carbocycles. The molecule has 0 radical (unpaired) electrons. The fourth-order valence-corrected chi connectivity index (χ4v) is 0.966. The second-order valence-corrected chi connectivity index (χ2v) is 2.86. The first kappa shape index (κ1) is 7.42. The summed E-state index contributed by atoms with van der Waals surface area (Å²) in [6.45, 7) is 2.20. The molecule has 0 unspecified atom stereocenters. The van der Waals surface area contributed by atoms with Crippen molar-refractivity contribution in [3.05, 3.63) is 29.8 Å². The zero-order valence-electron chi connectivity index (χ0n) is 6.83. The summed E-state index contributed by atoms with van der Waals surface area (Å²) in [6, 6.07) is 9.01. The Balaban J connectivity index is 2.68. The van der Waals surface area contributed by atoms with Gasteiger partial charge in [-0.15, -0.1) is 5.56 Å². The van der Waals surface area contributed by atoms with Crippen molar-refractivity contribution >= 4 is 0 Å². The summed E-state index contributed by atoms with van der Waals surface area (Å²) in [6.07, 6.45) is 0. The Kier molecular flexibility index (Phi) is 2.17. The van der Waals surface area contributed by atoms with Gasteiger partial charge in [0.2, 0.25) is 0 Å². The van der Waals surface area contributed by atoms with Crippen LogP contribution < -0.4 is 0 Å². The van der Waals surface area contributed by atoms with E-state index in [1.165, 1.54) is 5.56 Å². The van der Waals surface area contributed by atoms with Crippen molar-refractivity contribution < 1.29 is 0 Å². The van der Waals surface area contributed by atoms with E-state index in [1.54, 1.807) is 0 Å². The topological polar surface area (TPSA) is 3.24 Å². The molecule has 0 saturated heterocycles. The molecule has 0 amide bonds. The third-order valence-electron chi connectivity index (χ3n) is 1.95. The molecule has 1 aromatic carbocycles.